The normalized spacial score (nSPS) is 11.4. The highest BCUT2D eigenvalue weighted by Crippen LogP contribution is 2.22. The van der Waals surface area contributed by atoms with Crippen molar-refractivity contribution in [3.8, 4) is 11.3 Å². The second kappa shape index (κ2) is 11.5. The fourth-order valence-corrected chi connectivity index (χ4v) is 4.94. The molecule has 0 saturated heterocycles. The van der Waals surface area contributed by atoms with Gasteiger partial charge in [0.1, 0.15) is 0 Å². The highest BCUT2D eigenvalue weighted by atomic mass is 32.2. The maximum absolute atomic E-state index is 12.6. The van der Waals surface area contributed by atoms with Crippen LogP contribution in [-0.2, 0) is 33.7 Å². The summed E-state index contributed by atoms with van der Waals surface area (Å²) < 4.78 is 31.5. The number of carboxylic acid groups (broad SMARTS) is 1. The van der Waals surface area contributed by atoms with Gasteiger partial charge in [-0.3, -0.25) is 8.98 Å². The van der Waals surface area contributed by atoms with Crippen molar-refractivity contribution in [2.75, 3.05) is 6.61 Å². The highest BCUT2D eigenvalue weighted by molar-refractivity contribution is 7.86. The fraction of sp³-hybridized carbons (Fsp3) is 0.207. The van der Waals surface area contributed by atoms with Crippen LogP contribution in [-0.4, -0.2) is 35.9 Å². The monoisotopic (exact) mass is 532 g/mol. The van der Waals surface area contributed by atoms with Crippen molar-refractivity contribution in [1.29, 1.82) is 0 Å². The van der Waals surface area contributed by atoms with E-state index in [4.69, 9.17) is 4.18 Å². The number of aryl methyl sites for hydroxylation is 4. The molecule has 4 aromatic rings. The number of nitrogens with zero attached hydrogens (tertiary/aromatic N) is 2. The molecule has 3 aromatic carbocycles. The van der Waals surface area contributed by atoms with Gasteiger partial charge in [0.25, 0.3) is 15.7 Å². The van der Waals surface area contributed by atoms with Crippen molar-refractivity contribution in [3.05, 3.63) is 117 Å². The lowest BCUT2D eigenvalue weighted by molar-refractivity contribution is 0.0696. The summed E-state index contributed by atoms with van der Waals surface area (Å²) in [6, 6.07) is 22.2. The number of carbonyl (C=O) groups is 1. The van der Waals surface area contributed by atoms with Gasteiger partial charge in [-0.1, -0.05) is 48.0 Å². The van der Waals surface area contributed by atoms with E-state index >= 15 is 0 Å². The van der Waals surface area contributed by atoms with Gasteiger partial charge in [0.05, 0.1) is 22.8 Å². The second-order valence-corrected chi connectivity index (χ2v) is 10.6. The quantitative estimate of drug-likeness (QED) is 0.301. The van der Waals surface area contributed by atoms with Crippen LogP contribution in [0, 0.1) is 13.8 Å². The zero-order valence-electron chi connectivity index (χ0n) is 21.1. The molecular formula is C29H28N2O6S. The fourth-order valence-electron chi connectivity index (χ4n) is 4.03. The summed E-state index contributed by atoms with van der Waals surface area (Å²) in [5, 5.41) is 13.8. The van der Waals surface area contributed by atoms with E-state index in [1.54, 1.807) is 24.3 Å². The van der Waals surface area contributed by atoms with Crippen LogP contribution in [0.5, 0.6) is 0 Å². The number of hydrogen-bond acceptors (Lipinski definition) is 6. The summed E-state index contributed by atoms with van der Waals surface area (Å²) in [4.78, 5) is 23.9. The van der Waals surface area contributed by atoms with Gasteiger partial charge >= 0.3 is 5.97 Å². The molecule has 38 heavy (non-hydrogen) atoms. The summed E-state index contributed by atoms with van der Waals surface area (Å²) in [6.07, 6.45) is 0.820. The average molecular weight is 533 g/mol. The maximum atomic E-state index is 12.6. The Bertz CT molecular complexity index is 1630. The van der Waals surface area contributed by atoms with Gasteiger partial charge < -0.3 is 5.11 Å². The molecule has 0 atom stereocenters. The van der Waals surface area contributed by atoms with Gasteiger partial charge in [-0.05, 0) is 73.7 Å². The SMILES string of the molecule is Cc1ccc(S(=O)(=O)OCCc2cccc(-c3nn(CCc4cccc(C(=O)O)c4)c(=O)cc3C)c2)cc1. The van der Waals surface area contributed by atoms with Gasteiger partial charge in [0.15, 0.2) is 0 Å². The number of benzene rings is 3. The van der Waals surface area contributed by atoms with Gasteiger partial charge in [0, 0.05) is 18.2 Å². The summed E-state index contributed by atoms with van der Waals surface area (Å²) in [6.45, 7) is 3.97. The molecule has 1 heterocycles. The molecule has 0 radical (unpaired) electrons. The molecule has 196 valence electrons. The van der Waals surface area contributed by atoms with Crippen molar-refractivity contribution in [1.82, 2.24) is 9.78 Å². The Kier molecular flexibility index (Phi) is 8.19. The minimum atomic E-state index is -3.85. The van der Waals surface area contributed by atoms with Gasteiger partial charge in [0.2, 0.25) is 0 Å². The minimum Gasteiger partial charge on any atom is -0.478 e. The third kappa shape index (κ3) is 6.62. The summed E-state index contributed by atoms with van der Waals surface area (Å²) in [5.74, 6) is -1.00. The van der Waals surface area contributed by atoms with E-state index in [-0.39, 0.29) is 22.6 Å². The molecule has 1 N–H and O–H groups in total. The lowest BCUT2D eigenvalue weighted by Crippen LogP contribution is -2.24. The molecule has 0 amide bonds. The number of hydrogen-bond donors (Lipinski definition) is 1. The lowest BCUT2D eigenvalue weighted by atomic mass is 10.0. The van der Waals surface area contributed by atoms with E-state index in [9.17, 15) is 23.1 Å². The van der Waals surface area contributed by atoms with Crippen molar-refractivity contribution in [2.45, 2.75) is 38.1 Å². The summed E-state index contributed by atoms with van der Waals surface area (Å²) >= 11 is 0. The standard InChI is InChI=1S/C29H28N2O6S/c1-20-9-11-26(12-10-20)38(35,36)37-16-14-23-6-3-7-24(18-23)28-21(2)17-27(32)31(30-28)15-13-22-5-4-8-25(19-22)29(33)34/h3-12,17-19H,13-16H2,1-2H3,(H,33,34). The Balaban J connectivity index is 1.47. The predicted molar refractivity (Wildman–Crippen MR) is 144 cm³/mol. The van der Waals surface area contributed by atoms with Gasteiger partial charge in [-0.2, -0.15) is 13.5 Å². The molecule has 0 aliphatic carbocycles. The third-order valence-electron chi connectivity index (χ3n) is 6.11. The van der Waals surface area contributed by atoms with Gasteiger partial charge in [-0.15, -0.1) is 0 Å². The number of rotatable bonds is 10. The van der Waals surface area contributed by atoms with E-state index in [0.717, 1.165) is 27.8 Å². The average Bonchev–Trinajstić information content (AvgIpc) is 2.88. The Morgan fingerprint density at radius 2 is 1.61 bits per heavy atom. The zero-order valence-corrected chi connectivity index (χ0v) is 21.9. The van der Waals surface area contributed by atoms with Crippen LogP contribution < -0.4 is 5.56 Å². The number of carboxylic acids is 1. The van der Waals surface area contributed by atoms with Crippen LogP contribution >= 0.6 is 0 Å². The first-order valence-corrected chi connectivity index (χ1v) is 13.5. The number of aromatic carboxylic acids is 1. The van der Waals surface area contributed by atoms with Crippen LogP contribution in [0.25, 0.3) is 11.3 Å². The lowest BCUT2D eigenvalue weighted by Gasteiger charge is -2.12. The summed E-state index contributed by atoms with van der Waals surface area (Å²) in [7, 11) is -3.85. The molecule has 0 aliphatic heterocycles. The maximum Gasteiger partial charge on any atom is 0.335 e. The van der Waals surface area contributed by atoms with E-state index in [2.05, 4.69) is 5.10 Å². The van der Waals surface area contributed by atoms with E-state index in [1.165, 1.54) is 28.9 Å². The van der Waals surface area contributed by atoms with E-state index in [1.807, 2.05) is 44.2 Å². The molecule has 8 nitrogen and oxygen atoms in total. The molecule has 0 spiro atoms. The van der Waals surface area contributed by atoms with Crippen molar-refractivity contribution >= 4 is 16.1 Å². The van der Waals surface area contributed by atoms with E-state index < -0.39 is 16.1 Å². The van der Waals surface area contributed by atoms with Crippen molar-refractivity contribution in [3.63, 3.8) is 0 Å². The highest BCUT2D eigenvalue weighted by Gasteiger charge is 2.15. The van der Waals surface area contributed by atoms with E-state index in [0.29, 0.717) is 25.1 Å². The van der Waals surface area contributed by atoms with Crippen molar-refractivity contribution in [2.24, 2.45) is 0 Å². The molecule has 1 aromatic heterocycles. The summed E-state index contributed by atoms with van der Waals surface area (Å²) in [5.41, 5.74) is 4.72. The minimum absolute atomic E-state index is 0.0129. The van der Waals surface area contributed by atoms with Crippen LogP contribution in [0.4, 0.5) is 0 Å². The van der Waals surface area contributed by atoms with Gasteiger partial charge in [-0.25, -0.2) is 9.48 Å². The zero-order chi connectivity index (χ0) is 27.3. The molecule has 0 fully saturated rings. The largest absolute Gasteiger partial charge is 0.478 e. The predicted octanol–water partition coefficient (Wildman–Crippen LogP) is 4.42. The molecule has 0 saturated carbocycles. The second-order valence-electron chi connectivity index (χ2n) is 9.03. The molecular weight excluding hydrogens is 504 g/mol. The van der Waals surface area contributed by atoms with Crippen molar-refractivity contribution < 1.29 is 22.5 Å². The molecule has 9 heteroatoms. The smallest absolute Gasteiger partial charge is 0.335 e. The molecule has 0 aliphatic rings. The first kappa shape index (κ1) is 27.0. The first-order chi connectivity index (χ1) is 18.1. The molecule has 0 bridgehead atoms. The Labute approximate surface area is 221 Å². The van der Waals surface area contributed by atoms with Crippen LogP contribution in [0.2, 0.25) is 0 Å². The Hall–Kier alpha value is -4.08. The Morgan fingerprint density at radius 1 is 0.921 bits per heavy atom. The van der Waals surface area contributed by atoms with Crippen LogP contribution in [0.3, 0.4) is 0 Å². The number of aromatic nitrogens is 2. The Morgan fingerprint density at radius 3 is 2.32 bits per heavy atom. The first-order valence-electron chi connectivity index (χ1n) is 12.1. The molecule has 0 unspecified atom stereocenters. The van der Waals surface area contributed by atoms with Crippen LogP contribution in [0.1, 0.15) is 32.6 Å². The molecule has 4 rings (SSSR count). The topological polar surface area (TPSA) is 116 Å². The third-order valence-corrected chi connectivity index (χ3v) is 7.44. The van der Waals surface area contributed by atoms with Crippen LogP contribution in [0.15, 0.2) is 88.6 Å².